The zero-order chi connectivity index (χ0) is 13.4. The predicted molar refractivity (Wildman–Crippen MR) is 88.6 cm³/mol. The van der Waals surface area contributed by atoms with Crippen LogP contribution in [-0.4, -0.2) is 31.2 Å². The van der Waals surface area contributed by atoms with Gasteiger partial charge in [0.15, 0.2) is 0 Å². The Kier molecular flexibility index (Phi) is 4.74. The van der Waals surface area contributed by atoms with Crippen molar-refractivity contribution < 1.29 is 0 Å². The number of fused-ring (bicyclic) bond motifs is 1. The third-order valence-corrected chi connectivity index (χ3v) is 3.92. The summed E-state index contributed by atoms with van der Waals surface area (Å²) in [6.07, 6.45) is 0. The minimum Gasteiger partial charge on any atom is -0.354 e. The summed E-state index contributed by atoms with van der Waals surface area (Å²) in [4.78, 5) is 7.18. The summed E-state index contributed by atoms with van der Waals surface area (Å²) in [6.45, 7) is 8.29. The molecule has 20 heavy (non-hydrogen) atoms. The molecule has 5 heteroatoms. The average molecular weight is 312 g/mol. The van der Waals surface area contributed by atoms with Gasteiger partial charge in [0, 0.05) is 36.6 Å². The standard InChI is InChI=1S/C15H18ClN3.ClH/c1-10-8-14(19-5-3-17-4-6-19)18-15-11(2)7-12(16)9-13(10)15;/h7-9,17H,3-6H2,1-2H3;1H. The van der Waals surface area contributed by atoms with E-state index in [9.17, 15) is 0 Å². The number of hydrogen-bond acceptors (Lipinski definition) is 3. The van der Waals surface area contributed by atoms with Crippen LogP contribution in [0.2, 0.25) is 5.02 Å². The molecule has 1 aromatic heterocycles. The second-order valence-electron chi connectivity index (χ2n) is 5.15. The van der Waals surface area contributed by atoms with Crippen LogP contribution in [0.25, 0.3) is 10.9 Å². The van der Waals surface area contributed by atoms with Crippen LogP contribution in [0.4, 0.5) is 5.82 Å². The normalized spacial score (nSPS) is 15.2. The summed E-state index contributed by atoms with van der Waals surface area (Å²) < 4.78 is 0. The molecule has 1 aromatic carbocycles. The van der Waals surface area contributed by atoms with Gasteiger partial charge in [0.25, 0.3) is 0 Å². The maximum atomic E-state index is 6.14. The maximum absolute atomic E-state index is 6.14. The van der Waals surface area contributed by atoms with Crippen molar-refractivity contribution >= 4 is 40.7 Å². The Morgan fingerprint density at radius 3 is 2.50 bits per heavy atom. The second-order valence-corrected chi connectivity index (χ2v) is 5.59. The van der Waals surface area contributed by atoms with Crippen LogP contribution in [0.5, 0.6) is 0 Å². The van der Waals surface area contributed by atoms with Crippen molar-refractivity contribution in [3.8, 4) is 0 Å². The van der Waals surface area contributed by atoms with Gasteiger partial charge in [0.2, 0.25) is 0 Å². The second kappa shape index (κ2) is 6.17. The highest BCUT2D eigenvalue weighted by Crippen LogP contribution is 2.28. The van der Waals surface area contributed by atoms with Gasteiger partial charge in [-0.15, -0.1) is 12.4 Å². The van der Waals surface area contributed by atoms with E-state index < -0.39 is 0 Å². The Morgan fingerprint density at radius 2 is 1.80 bits per heavy atom. The smallest absolute Gasteiger partial charge is 0.129 e. The van der Waals surface area contributed by atoms with Gasteiger partial charge in [-0.3, -0.25) is 0 Å². The lowest BCUT2D eigenvalue weighted by atomic mass is 10.1. The molecule has 0 unspecified atom stereocenters. The monoisotopic (exact) mass is 311 g/mol. The molecule has 3 nitrogen and oxygen atoms in total. The van der Waals surface area contributed by atoms with E-state index >= 15 is 0 Å². The first-order chi connectivity index (χ1) is 9.15. The number of nitrogens with zero attached hydrogens (tertiary/aromatic N) is 2. The first-order valence-electron chi connectivity index (χ1n) is 6.68. The Bertz CT molecular complexity index is 622. The van der Waals surface area contributed by atoms with Crippen LogP contribution in [0.1, 0.15) is 11.1 Å². The van der Waals surface area contributed by atoms with Gasteiger partial charge in [0.05, 0.1) is 5.52 Å². The van der Waals surface area contributed by atoms with Gasteiger partial charge in [-0.05, 0) is 43.2 Å². The molecule has 1 saturated heterocycles. The zero-order valence-corrected chi connectivity index (χ0v) is 13.3. The van der Waals surface area contributed by atoms with Crippen molar-refractivity contribution in [1.29, 1.82) is 0 Å². The number of nitrogens with one attached hydrogen (secondary N) is 1. The molecule has 0 bridgehead atoms. The highest BCUT2D eigenvalue weighted by Gasteiger charge is 2.14. The Hall–Kier alpha value is -1.03. The molecule has 108 valence electrons. The molecule has 1 N–H and O–H groups in total. The topological polar surface area (TPSA) is 28.2 Å². The van der Waals surface area contributed by atoms with Gasteiger partial charge in [0.1, 0.15) is 5.82 Å². The number of aromatic nitrogens is 1. The molecule has 0 aliphatic carbocycles. The number of piperazine rings is 1. The molecule has 0 amide bonds. The summed E-state index contributed by atoms with van der Waals surface area (Å²) in [5.41, 5.74) is 3.45. The molecule has 2 aromatic rings. The third-order valence-electron chi connectivity index (χ3n) is 3.70. The van der Waals surface area contributed by atoms with Crippen LogP contribution in [0, 0.1) is 13.8 Å². The molecule has 2 heterocycles. The molecular weight excluding hydrogens is 293 g/mol. The van der Waals surface area contributed by atoms with Crippen molar-refractivity contribution in [2.45, 2.75) is 13.8 Å². The first-order valence-corrected chi connectivity index (χ1v) is 7.06. The predicted octanol–water partition coefficient (Wildman–Crippen LogP) is 3.34. The number of hydrogen-bond donors (Lipinski definition) is 1. The van der Waals surface area contributed by atoms with Crippen LogP contribution in [0.3, 0.4) is 0 Å². The number of aryl methyl sites for hydroxylation is 2. The van der Waals surface area contributed by atoms with Gasteiger partial charge < -0.3 is 10.2 Å². The fourth-order valence-corrected chi connectivity index (χ4v) is 2.93. The van der Waals surface area contributed by atoms with E-state index in [1.165, 1.54) is 5.56 Å². The zero-order valence-electron chi connectivity index (χ0n) is 11.7. The minimum atomic E-state index is 0. The molecule has 1 fully saturated rings. The number of pyridine rings is 1. The lowest BCUT2D eigenvalue weighted by Gasteiger charge is -2.29. The van der Waals surface area contributed by atoms with Gasteiger partial charge >= 0.3 is 0 Å². The minimum absolute atomic E-state index is 0. The van der Waals surface area contributed by atoms with E-state index in [-0.39, 0.29) is 12.4 Å². The van der Waals surface area contributed by atoms with Crippen molar-refractivity contribution in [3.05, 3.63) is 34.3 Å². The summed E-state index contributed by atoms with van der Waals surface area (Å²) in [5.74, 6) is 1.08. The number of benzene rings is 1. The van der Waals surface area contributed by atoms with Crippen molar-refractivity contribution in [1.82, 2.24) is 10.3 Å². The van der Waals surface area contributed by atoms with Crippen LogP contribution in [0.15, 0.2) is 18.2 Å². The van der Waals surface area contributed by atoms with Gasteiger partial charge in [-0.25, -0.2) is 4.98 Å². The Morgan fingerprint density at radius 1 is 1.10 bits per heavy atom. The highest BCUT2D eigenvalue weighted by atomic mass is 35.5. The molecule has 0 atom stereocenters. The quantitative estimate of drug-likeness (QED) is 0.875. The van der Waals surface area contributed by atoms with E-state index in [1.54, 1.807) is 0 Å². The number of rotatable bonds is 1. The van der Waals surface area contributed by atoms with Gasteiger partial charge in [-0.2, -0.15) is 0 Å². The highest BCUT2D eigenvalue weighted by molar-refractivity contribution is 6.31. The summed E-state index contributed by atoms with van der Waals surface area (Å²) in [6, 6.07) is 6.16. The van der Waals surface area contributed by atoms with Crippen LogP contribution in [-0.2, 0) is 0 Å². The molecule has 0 radical (unpaired) electrons. The molecule has 0 spiro atoms. The maximum Gasteiger partial charge on any atom is 0.129 e. The van der Waals surface area contributed by atoms with E-state index in [0.717, 1.165) is 53.5 Å². The van der Waals surface area contributed by atoms with Crippen LogP contribution < -0.4 is 10.2 Å². The first kappa shape index (κ1) is 15.4. The average Bonchev–Trinajstić information content (AvgIpc) is 2.41. The summed E-state index contributed by atoms with van der Waals surface area (Å²) in [7, 11) is 0. The Balaban J connectivity index is 0.00000147. The Labute approximate surface area is 130 Å². The van der Waals surface area contributed by atoms with Crippen molar-refractivity contribution in [2.75, 3.05) is 31.1 Å². The van der Waals surface area contributed by atoms with Crippen molar-refractivity contribution in [3.63, 3.8) is 0 Å². The summed E-state index contributed by atoms with van der Waals surface area (Å²) >= 11 is 6.14. The molecule has 1 aliphatic heterocycles. The van der Waals surface area contributed by atoms with E-state index in [4.69, 9.17) is 16.6 Å². The summed E-state index contributed by atoms with van der Waals surface area (Å²) in [5, 5.41) is 5.31. The van der Waals surface area contributed by atoms with Crippen LogP contribution >= 0.6 is 24.0 Å². The number of halogens is 2. The fraction of sp³-hybridized carbons (Fsp3) is 0.400. The fourth-order valence-electron chi connectivity index (χ4n) is 2.66. The SMILES string of the molecule is Cc1cc(N2CCNCC2)nc2c(C)cc(Cl)cc12.Cl. The molecule has 0 saturated carbocycles. The largest absolute Gasteiger partial charge is 0.354 e. The molecule has 3 rings (SSSR count). The van der Waals surface area contributed by atoms with E-state index in [2.05, 4.69) is 30.1 Å². The lowest BCUT2D eigenvalue weighted by molar-refractivity contribution is 0.585. The van der Waals surface area contributed by atoms with Gasteiger partial charge in [-0.1, -0.05) is 11.6 Å². The molecular formula is C15H19Cl2N3. The van der Waals surface area contributed by atoms with Crippen molar-refractivity contribution in [2.24, 2.45) is 0 Å². The lowest BCUT2D eigenvalue weighted by Crippen LogP contribution is -2.43. The number of anilines is 1. The molecule has 1 aliphatic rings. The third kappa shape index (κ3) is 2.85. The van der Waals surface area contributed by atoms with E-state index in [1.807, 2.05) is 12.1 Å². The van der Waals surface area contributed by atoms with E-state index in [0.29, 0.717) is 0 Å².